The molecule has 27 heavy (non-hydrogen) atoms. The number of hydrogen-bond donors (Lipinski definition) is 0. The highest BCUT2D eigenvalue weighted by Gasteiger charge is 2.32. The monoisotopic (exact) mass is 363 g/mol. The Morgan fingerprint density at radius 1 is 0.889 bits per heavy atom. The van der Waals surface area contributed by atoms with E-state index in [0.29, 0.717) is 13.2 Å². The Morgan fingerprint density at radius 3 is 2.48 bits per heavy atom. The van der Waals surface area contributed by atoms with Gasteiger partial charge in [0.25, 0.3) is 0 Å². The molecule has 2 unspecified atom stereocenters. The number of nitrogens with zero attached hydrogens (tertiary/aromatic N) is 1. The van der Waals surface area contributed by atoms with E-state index in [9.17, 15) is 0 Å². The van der Waals surface area contributed by atoms with Crippen LogP contribution in [0.1, 0.15) is 12.0 Å². The van der Waals surface area contributed by atoms with Gasteiger partial charge < -0.3 is 14.3 Å². The van der Waals surface area contributed by atoms with Crippen molar-refractivity contribution in [3.05, 3.63) is 78.4 Å². The minimum Gasteiger partial charge on any atom is -0.488 e. The van der Waals surface area contributed by atoms with Crippen molar-refractivity contribution in [1.29, 1.82) is 0 Å². The standard InChI is InChI=1S/C23H25NO3/c1-25-24-14-13-22(27-21-9-3-2-4-10-21)23(16-24)26-17-18-11-12-19-7-5-6-8-20(19)15-18/h2-12,15,22-23H,13-14,16-17H2,1H3. The van der Waals surface area contributed by atoms with Crippen LogP contribution in [0.4, 0.5) is 0 Å². The number of benzene rings is 3. The second-order valence-corrected chi connectivity index (χ2v) is 6.86. The normalized spacial score (nSPS) is 20.6. The minimum absolute atomic E-state index is 0.0132. The molecule has 1 heterocycles. The molecule has 4 nitrogen and oxygen atoms in total. The first-order valence-corrected chi connectivity index (χ1v) is 9.42. The van der Waals surface area contributed by atoms with Gasteiger partial charge in [-0.15, -0.1) is 0 Å². The van der Waals surface area contributed by atoms with Crippen LogP contribution in [0.3, 0.4) is 0 Å². The maximum atomic E-state index is 6.29. The van der Waals surface area contributed by atoms with Crippen LogP contribution in [0.25, 0.3) is 10.8 Å². The fourth-order valence-electron chi connectivity index (χ4n) is 3.53. The van der Waals surface area contributed by atoms with Crippen LogP contribution < -0.4 is 4.74 Å². The highest BCUT2D eigenvalue weighted by Crippen LogP contribution is 2.23. The molecule has 1 aliphatic heterocycles. The maximum Gasteiger partial charge on any atom is 0.127 e. The molecule has 2 atom stereocenters. The largest absolute Gasteiger partial charge is 0.488 e. The molecule has 0 aliphatic carbocycles. The third-order valence-corrected chi connectivity index (χ3v) is 5.03. The zero-order valence-corrected chi connectivity index (χ0v) is 15.6. The van der Waals surface area contributed by atoms with E-state index in [1.165, 1.54) is 16.3 Å². The molecule has 140 valence electrons. The van der Waals surface area contributed by atoms with Gasteiger partial charge in [-0.25, -0.2) is 0 Å². The lowest BCUT2D eigenvalue weighted by atomic mass is 10.1. The van der Waals surface area contributed by atoms with Gasteiger partial charge in [-0.05, 0) is 34.5 Å². The molecule has 1 saturated heterocycles. The Kier molecular flexibility index (Phi) is 5.68. The zero-order chi connectivity index (χ0) is 18.5. The lowest BCUT2D eigenvalue weighted by molar-refractivity contribution is -0.194. The molecular formula is C23H25NO3. The number of rotatable bonds is 6. The maximum absolute atomic E-state index is 6.29. The molecule has 0 bridgehead atoms. The first kappa shape index (κ1) is 18.0. The first-order valence-electron chi connectivity index (χ1n) is 9.42. The van der Waals surface area contributed by atoms with Crippen LogP contribution in [-0.4, -0.2) is 37.5 Å². The highest BCUT2D eigenvalue weighted by atomic mass is 16.7. The Morgan fingerprint density at radius 2 is 1.67 bits per heavy atom. The highest BCUT2D eigenvalue weighted by molar-refractivity contribution is 5.82. The molecule has 0 spiro atoms. The van der Waals surface area contributed by atoms with E-state index in [-0.39, 0.29) is 12.2 Å². The van der Waals surface area contributed by atoms with Crippen LogP contribution >= 0.6 is 0 Å². The molecule has 0 amide bonds. The minimum atomic E-state index is -0.0506. The van der Waals surface area contributed by atoms with E-state index in [1.807, 2.05) is 35.4 Å². The van der Waals surface area contributed by atoms with Gasteiger partial charge in [0.15, 0.2) is 0 Å². The summed E-state index contributed by atoms with van der Waals surface area (Å²) in [7, 11) is 1.71. The van der Waals surface area contributed by atoms with E-state index in [1.54, 1.807) is 7.11 Å². The van der Waals surface area contributed by atoms with Crippen molar-refractivity contribution < 1.29 is 14.3 Å². The molecule has 1 aliphatic rings. The first-order chi connectivity index (χ1) is 13.3. The van der Waals surface area contributed by atoms with Crippen molar-refractivity contribution in [2.45, 2.75) is 25.2 Å². The van der Waals surface area contributed by atoms with E-state index in [0.717, 1.165) is 18.7 Å². The van der Waals surface area contributed by atoms with Crippen molar-refractivity contribution in [3.63, 3.8) is 0 Å². The van der Waals surface area contributed by atoms with E-state index < -0.39 is 0 Å². The average Bonchev–Trinajstić information content (AvgIpc) is 2.73. The van der Waals surface area contributed by atoms with Gasteiger partial charge in [-0.2, -0.15) is 5.06 Å². The third-order valence-electron chi connectivity index (χ3n) is 5.03. The molecule has 0 radical (unpaired) electrons. The Hall–Kier alpha value is -2.40. The van der Waals surface area contributed by atoms with Gasteiger partial charge >= 0.3 is 0 Å². The second kappa shape index (κ2) is 8.53. The quantitative estimate of drug-likeness (QED) is 0.648. The summed E-state index contributed by atoms with van der Waals surface area (Å²) < 4.78 is 12.5. The lowest BCUT2D eigenvalue weighted by Crippen LogP contribution is -2.49. The number of ether oxygens (including phenoxy) is 2. The summed E-state index contributed by atoms with van der Waals surface area (Å²) in [5.74, 6) is 0.882. The predicted molar refractivity (Wildman–Crippen MR) is 107 cm³/mol. The number of para-hydroxylation sites is 1. The van der Waals surface area contributed by atoms with E-state index >= 15 is 0 Å². The van der Waals surface area contributed by atoms with Crippen LogP contribution in [0.15, 0.2) is 72.8 Å². The number of hydroxylamine groups is 2. The smallest absolute Gasteiger partial charge is 0.127 e. The molecule has 0 N–H and O–H groups in total. The van der Waals surface area contributed by atoms with Crippen molar-refractivity contribution in [1.82, 2.24) is 5.06 Å². The molecule has 0 aromatic heterocycles. The van der Waals surface area contributed by atoms with Gasteiger partial charge in [-0.3, -0.25) is 0 Å². The van der Waals surface area contributed by atoms with Crippen molar-refractivity contribution in [2.75, 3.05) is 20.2 Å². The predicted octanol–water partition coefficient (Wildman–Crippen LogP) is 4.44. The third kappa shape index (κ3) is 4.48. The topological polar surface area (TPSA) is 30.9 Å². The molecule has 4 heteroatoms. The van der Waals surface area contributed by atoms with Gasteiger partial charge in [0.05, 0.1) is 20.3 Å². The summed E-state index contributed by atoms with van der Waals surface area (Å²) in [6.45, 7) is 2.09. The Balaban J connectivity index is 1.45. The SMILES string of the molecule is CON1CCC(Oc2ccccc2)C(OCc2ccc3ccccc3c2)C1. The Bertz CT molecular complexity index is 868. The van der Waals surface area contributed by atoms with Gasteiger partial charge in [0, 0.05) is 13.0 Å². The zero-order valence-electron chi connectivity index (χ0n) is 15.6. The summed E-state index contributed by atoms with van der Waals surface area (Å²) in [6.07, 6.45) is 0.829. The van der Waals surface area contributed by atoms with Crippen molar-refractivity contribution in [2.24, 2.45) is 0 Å². The summed E-state index contributed by atoms with van der Waals surface area (Å²) in [6, 6.07) is 24.8. The molecule has 3 aromatic rings. The van der Waals surface area contributed by atoms with Crippen LogP contribution in [0, 0.1) is 0 Å². The summed E-state index contributed by atoms with van der Waals surface area (Å²) in [5, 5.41) is 4.42. The fraction of sp³-hybridized carbons (Fsp3) is 0.304. The van der Waals surface area contributed by atoms with Gasteiger partial charge in [-0.1, -0.05) is 54.6 Å². The summed E-state index contributed by atoms with van der Waals surface area (Å²) in [4.78, 5) is 5.43. The second-order valence-electron chi connectivity index (χ2n) is 6.86. The summed E-state index contributed by atoms with van der Waals surface area (Å²) in [5.41, 5.74) is 1.17. The lowest BCUT2D eigenvalue weighted by Gasteiger charge is -2.37. The van der Waals surface area contributed by atoms with E-state index in [4.69, 9.17) is 14.3 Å². The molecule has 4 rings (SSSR count). The molecule has 0 saturated carbocycles. The van der Waals surface area contributed by atoms with Crippen LogP contribution in [0.2, 0.25) is 0 Å². The van der Waals surface area contributed by atoms with Gasteiger partial charge in [0.2, 0.25) is 0 Å². The molecular weight excluding hydrogens is 338 g/mol. The molecule has 1 fully saturated rings. The molecule has 3 aromatic carbocycles. The Labute approximate surface area is 160 Å². The number of piperidine rings is 1. The van der Waals surface area contributed by atoms with Crippen molar-refractivity contribution in [3.8, 4) is 5.75 Å². The van der Waals surface area contributed by atoms with E-state index in [2.05, 4.69) is 42.5 Å². The summed E-state index contributed by atoms with van der Waals surface area (Å²) >= 11 is 0. The van der Waals surface area contributed by atoms with Crippen LogP contribution in [-0.2, 0) is 16.2 Å². The van der Waals surface area contributed by atoms with Gasteiger partial charge in [0.1, 0.15) is 18.0 Å². The van der Waals surface area contributed by atoms with Crippen LogP contribution in [0.5, 0.6) is 5.75 Å². The van der Waals surface area contributed by atoms with Crippen molar-refractivity contribution >= 4 is 10.8 Å². The average molecular weight is 363 g/mol. The number of hydrogen-bond acceptors (Lipinski definition) is 4. The fourth-order valence-corrected chi connectivity index (χ4v) is 3.53. The number of fused-ring (bicyclic) bond motifs is 1.